The lowest BCUT2D eigenvalue weighted by Crippen LogP contribution is -2.29. The van der Waals surface area contributed by atoms with Crippen LogP contribution >= 0.6 is 0 Å². The summed E-state index contributed by atoms with van der Waals surface area (Å²) in [5, 5.41) is 14.9. The molecule has 24 heavy (non-hydrogen) atoms. The molecule has 6 heteroatoms. The maximum atomic E-state index is 13.9. The Labute approximate surface area is 141 Å². The molecule has 0 spiro atoms. The molecule has 0 radical (unpaired) electrons. The van der Waals surface area contributed by atoms with Crippen LogP contribution in [-0.4, -0.2) is 40.0 Å². The number of nitrogens with zero attached hydrogens (tertiary/aromatic N) is 3. The fraction of sp³-hybridized carbons (Fsp3) is 0.500. The molecule has 1 aromatic heterocycles. The van der Waals surface area contributed by atoms with Gasteiger partial charge in [0.25, 0.3) is 0 Å². The second-order valence-corrected chi connectivity index (χ2v) is 6.32. The minimum atomic E-state index is -0.852. The average Bonchev–Trinajstić information content (AvgIpc) is 3.10. The van der Waals surface area contributed by atoms with Crippen LogP contribution in [0.25, 0.3) is 0 Å². The fourth-order valence-corrected chi connectivity index (χ4v) is 3.72. The molecule has 1 N–H and O–H groups in total. The molecule has 2 unspecified atom stereocenters. The van der Waals surface area contributed by atoms with Crippen molar-refractivity contribution in [3.8, 4) is 5.88 Å². The van der Waals surface area contributed by atoms with E-state index in [4.69, 9.17) is 4.74 Å². The van der Waals surface area contributed by atoms with Gasteiger partial charge in [0.15, 0.2) is 0 Å². The number of hydrogen-bond donors (Lipinski definition) is 1. The zero-order valence-corrected chi connectivity index (χ0v) is 14.4. The maximum Gasteiger partial charge on any atom is 0.216 e. The Morgan fingerprint density at radius 1 is 1.42 bits per heavy atom. The van der Waals surface area contributed by atoms with E-state index in [9.17, 15) is 9.50 Å². The molecule has 0 saturated carbocycles. The van der Waals surface area contributed by atoms with Crippen LogP contribution in [0.4, 0.5) is 4.39 Å². The standard InChI is InChI=1S/C18H24FN3O2/c1-12-17(18(24-3)21(2)20-12)15-9-6-10-22(15)11-16(23)13-7-4-5-8-14(13)19/h4-5,7-8,15-16,23H,6,9-11H2,1-3H3. The Hall–Kier alpha value is -1.92. The van der Waals surface area contributed by atoms with Gasteiger partial charge in [-0.2, -0.15) is 5.10 Å². The highest BCUT2D eigenvalue weighted by Gasteiger charge is 2.33. The number of methoxy groups -OCH3 is 1. The van der Waals surface area contributed by atoms with Crippen LogP contribution in [-0.2, 0) is 7.05 Å². The van der Waals surface area contributed by atoms with Gasteiger partial charge in [0.2, 0.25) is 5.88 Å². The van der Waals surface area contributed by atoms with E-state index < -0.39 is 6.10 Å². The van der Waals surface area contributed by atoms with Crippen molar-refractivity contribution < 1.29 is 14.2 Å². The van der Waals surface area contributed by atoms with E-state index in [-0.39, 0.29) is 11.9 Å². The van der Waals surface area contributed by atoms with Crippen molar-refractivity contribution >= 4 is 0 Å². The lowest BCUT2D eigenvalue weighted by molar-refractivity contribution is 0.102. The van der Waals surface area contributed by atoms with Gasteiger partial charge in [-0.3, -0.25) is 4.90 Å². The van der Waals surface area contributed by atoms with Gasteiger partial charge in [0, 0.05) is 25.2 Å². The zero-order chi connectivity index (χ0) is 17.3. The van der Waals surface area contributed by atoms with Gasteiger partial charge in [0.05, 0.1) is 24.5 Å². The minimum Gasteiger partial charge on any atom is -0.481 e. The average molecular weight is 333 g/mol. The predicted octanol–water partition coefficient (Wildman–Crippen LogP) is 2.75. The predicted molar refractivity (Wildman–Crippen MR) is 89.4 cm³/mol. The summed E-state index contributed by atoms with van der Waals surface area (Å²) in [6, 6.07) is 6.54. The van der Waals surface area contributed by atoms with Crippen LogP contribution in [0, 0.1) is 12.7 Å². The summed E-state index contributed by atoms with van der Waals surface area (Å²) in [5.74, 6) is 0.390. The van der Waals surface area contributed by atoms with E-state index in [0.717, 1.165) is 36.5 Å². The van der Waals surface area contributed by atoms with Crippen molar-refractivity contribution in [2.45, 2.75) is 31.9 Å². The number of β-amino-alcohol motifs (C(OH)–C–C–N with tert-alkyl or cyclic N) is 1. The summed E-state index contributed by atoms with van der Waals surface area (Å²) in [4.78, 5) is 2.20. The topological polar surface area (TPSA) is 50.5 Å². The van der Waals surface area contributed by atoms with Crippen molar-refractivity contribution in [2.75, 3.05) is 20.2 Å². The second-order valence-electron chi connectivity index (χ2n) is 6.32. The van der Waals surface area contributed by atoms with Crippen LogP contribution in [0.1, 0.15) is 41.8 Å². The van der Waals surface area contributed by atoms with E-state index >= 15 is 0 Å². The van der Waals surface area contributed by atoms with E-state index in [1.807, 2.05) is 14.0 Å². The highest BCUT2D eigenvalue weighted by Crippen LogP contribution is 2.39. The molecule has 2 heterocycles. The smallest absolute Gasteiger partial charge is 0.216 e. The molecule has 2 aromatic rings. The molecule has 1 fully saturated rings. The minimum absolute atomic E-state index is 0.134. The number of aliphatic hydroxyl groups is 1. The van der Waals surface area contributed by atoms with Gasteiger partial charge >= 0.3 is 0 Å². The summed E-state index contributed by atoms with van der Waals surface area (Å²) in [5.41, 5.74) is 2.35. The maximum absolute atomic E-state index is 13.9. The van der Waals surface area contributed by atoms with Gasteiger partial charge in [-0.05, 0) is 32.4 Å². The van der Waals surface area contributed by atoms with Crippen molar-refractivity contribution in [3.63, 3.8) is 0 Å². The first kappa shape index (κ1) is 16.9. The Bertz CT molecular complexity index is 716. The molecule has 0 amide bonds. The third-order valence-electron chi connectivity index (χ3n) is 4.78. The Morgan fingerprint density at radius 2 is 2.17 bits per heavy atom. The first-order chi connectivity index (χ1) is 11.5. The largest absolute Gasteiger partial charge is 0.481 e. The molecule has 1 aliphatic heterocycles. The Balaban J connectivity index is 1.83. The van der Waals surface area contributed by atoms with Gasteiger partial charge in [-0.15, -0.1) is 0 Å². The van der Waals surface area contributed by atoms with E-state index in [0.29, 0.717) is 12.1 Å². The molecule has 130 valence electrons. The number of aromatic nitrogens is 2. The molecule has 2 atom stereocenters. The molecule has 1 aliphatic rings. The summed E-state index contributed by atoms with van der Waals surface area (Å²) >= 11 is 0. The highest BCUT2D eigenvalue weighted by atomic mass is 19.1. The zero-order valence-electron chi connectivity index (χ0n) is 14.4. The van der Waals surface area contributed by atoms with E-state index in [1.54, 1.807) is 30.0 Å². The van der Waals surface area contributed by atoms with Crippen LogP contribution in [0.5, 0.6) is 5.88 Å². The molecular formula is C18H24FN3O2. The van der Waals surface area contributed by atoms with Gasteiger partial charge in [-0.1, -0.05) is 18.2 Å². The van der Waals surface area contributed by atoms with Gasteiger partial charge < -0.3 is 9.84 Å². The molecular weight excluding hydrogens is 309 g/mol. The monoisotopic (exact) mass is 333 g/mol. The van der Waals surface area contributed by atoms with Crippen molar-refractivity contribution in [1.82, 2.24) is 14.7 Å². The number of hydrogen-bond acceptors (Lipinski definition) is 4. The van der Waals surface area contributed by atoms with E-state index in [2.05, 4.69) is 10.00 Å². The Kier molecular flexibility index (Phi) is 4.87. The third kappa shape index (κ3) is 3.03. The lowest BCUT2D eigenvalue weighted by atomic mass is 10.0. The normalized spacial score (nSPS) is 19.6. The van der Waals surface area contributed by atoms with Crippen LogP contribution in [0.2, 0.25) is 0 Å². The first-order valence-electron chi connectivity index (χ1n) is 8.27. The Morgan fingerprint density at radius 3 is 2.88 bits per heavy atom. The first-order valence-corrected chi connectivity index (χ1v) is 8.27. The highest BCUT2D eigenvalue weighted by molar-refractivity contribution is 5.35. The number of aliphatic hydroxyl groups excluding tert-OH is 1. The molecule has 5 nitrogen and oxygen atoms in total. The lowest BCUT2D eigenvalue weighted by Gasteiger charge is -2.27. The molecule has 0 aliphatic carbocycles. The summed E-state index contributed by atoms with van der Waals surface area (Å²) in [6.07, 6.45) is 1.16. The van der Waals surface area contributed by atoms with Gasteiger partial charge in [0.1, 0.15) is 5.82 Å². The number of rotatable bonds is 5. The van der Waals surface area contributed by atoms with Crippen molar-refractivity contribution in [3.05, 3.63) is 46.9 Å². The third-order valence-corrected chi connectivity index (χ3v) is 4.78. The molecule has 1 saturated heterocycles. The fourth-order valence-electron chi connectivity index (χ4n) is 3.72. The molecule has 0 bridgehead atoms. The van der Waals surface area contributed by atoms with Crippen LogP contribution < -0.4 is 4.74 Å². The molecule has 3 rings (SSSR count). The summed E-state index contributed by atoms with van der Waals surface area (Å²) in [7, 11) is 3.51. The van der Waals surface area contributed by atoms with Crippen LogP contribution in [0.15, 0.2) is 24.3 Å². The SMILES string of the molecule is COc1c(C2CCCN2CC(O)c2ccccc2F)c(C)nn1C. The van der Waals surface area contributed by atoms with Gasteiger partial charge in [-0.25, -0.2) is 9.07 Å². The number of aryl methyl sites for hydroxylation is 2. The summed E-state index contributed by atoms with van der Waals surface area (Å²) < 4.78 is 21.2. The number of benzene rings is 1. The summed E-state index contributed by atoms with van der Waals surface area (Å²) in [6.45, 7) is 3.23. The molecule has 1 aromatic carbocycles. The van der Waals surface area contributed by atoms with E-state index in [1.165, 1.54) is 6.07 Å². The van der Waals surface area contributed by atoms with Crippen molar-refractivity contribution in [1.29, 1.82) is 0 Å². The number of halogens is 1. The van der Waals surface area contributed by atoms with Crippen LogP contribution in [0.3, 0.4) is 0 Å². The number of ether oxygens (including phenoxy) is 1. The van der Waals surface area contributed by atoms with Crippen molar-refractivity contribution in [2.24, 2.45) is 7.05 Å². The quantitative estimate of drug-likeness (QED) is 0.914. The second kappa shape index (κ2) is 6.91. The number of likely N-dealkylation sites (tertiary alicyclic amines) is 1.